The number of nitrogens with zero attached hydrogens (tertiary/aromatic N) is 1. The normalized spacial score (nSPS) is 11.3. The average molecular weight is 296 g/mol. The minimum atomic E-state index is -4.00. The zero-order chi connectivity index (χ0) is 13.2. The van der Waals surface area contributed by atoms with Crippen molar-refractivity contribution in [2.45, 2.75) is 11.8 Å². The molecular formula is C10H11Cl2NO3S. The van der Waals surface area contributed by atoms with Crippen LogP contribution in [0.1, 0.15) is 17.3 Å². The summed E-state index contributed by atoms with van der Waals surface area (Å²) in [5, 5.41) is 0.0667. The first-order valence-electron chi connectivity index (χ1n) is 4.77. The first kappa shape index (κ1) is 14.3. The molecule has 1 aromatic rings. The van der Waals surface area contributed by atoms with Crippen LogP contribution in [0.3, 0.4) is 0 Å². The minimum absolute atomic E-state index is 0.0667. The second kappa shape index (κ2) is 5.25. The molecule has 0 saturated heterocycles. The van der Waals surface area contributed by atoms with Crippen molar-refractivity contribution in [1.82, 2.24) is 4.90 Å². The first-order chi connectivity index (χ1) is 7.79. The van der Waals surface area contributed by atoms with Crippen molar-refractivity contribution in [1.29, 1.82) is 0 Å². The summed E-state index contributed by atoms with van der Waals surface area (Å²) >= 11 is 5.86. The van der Waals surface area contributed by atoms with Gasteiger partial charge in [-0.1, -0.05) is 17.7 Å². The molecule has 4 nitrogen and oxygen atoms in total. The van der Waals surface area contributed by atoms with Crippen LogP contribution in [0.5, 0.6) is 0 Å². The maximum atomic E-state index is 12.0. The van der Waals surface area contributed by atoms with Gasteiger partial charge in [0.05, 0.1) is 15.5 Å². The topological polar surface area (TPSA) is 54.5 Å². The first-order valence-corrected chi connectivity index (χ1v) is 7.46. The number of carbonyl (C=O) groups is 1. The van der Waals surface area contributed by atoms with Gasteiger partial charge in [-0.05, 0) is 19.1 Å². The van der Waals surface area contributed by atoms with Gasteiger partial charge in [0, 0.05) is 24.3 Å². The molecule has 0 heterocycles. The van der Waals surface area contributed by atoms with E-state index < -0.39 is 15.0 Å². The number of carbonyl (C=O) groups excluding carboxylic acids is 1. The van der Waals surface area contributed by atoms with E-state index in [-0.39, 0.29) is 15.5 Å². The van der Waals surface area contributed by atoms with Crippen LogP contribution in [0, 0.1) is 0 Å². The van der Waals surface area contributed by atoms with E-state index >= 15 is 0 Å². The van der Waals surface area contributed by atoms with Gasteiger partial charge in [-0.25, -0.2) is 8.42 Å². The van der Waals surface area contributed by atoms with Crippen LogP contribution in [-0.2, 0) is 9.05 Å². The van der Waals surface area contributed by atoms with Crippen LogP contribution in [0.2, 0.25) is 5.02 Å². The SMILES string of the molecule is CCN(C)C(=O)c1c(Cl)cccc1S(=O)(=O)Cl. The summed E-state index contributed by atoms with van der Waals surface area (Å²) in [6.45, 7) is 2.20. The Morgan fingerprint density at radius 3 is 2.47 bits per heavy atom. The summed E-state index contributed by atoms with van der Waals surface area (Å²) in [4.78, 5) is 13.1. The molecule has 1 aromatic carbocycles. The Morgan fingerprint density at radius 1 is 1.41 bits per heavy atom. The number of hydrogen-bond acceptors (Lipinski definition) is 3. The second-order valence-electron chi connectivity index (χ2n) is 3.37. The van der Waals surface area contributed by atoms with Crippen molar-refractivity contribution in [3.63, 3.8) is 0 Å². The number of halogens is 2. The van der Waals surface area contributed by atoms with Gasteiger partial charge in [-0.3, -0.25) is 4.79 Å². The number of rotatable bonds is 3. The van der Waals surface area contributed by atoms with Gasteiger partial charge in [-0.15, -0.1) is 0 Å². The lowest BCUT2D eigenvalue weighted by Crippen LogP contribution is -2.27. The lowest BCUT2D eigenvalue weighted by Gasteiger charge is -2.16. The number of hydrogen-bond donors (Lipinski definition) is 0. The van der Waals surface area contributed by atoms with Gasteiger partial charge in [-0.2, -0.15) is 0 Å². The molecule has 1 amide bonds. The van der Waals surface area contributed by atoms with Gasteiger partial charge in [0.15, 0.2) is 0 Å². The van der Waals surface area contributed by atoms with Crippen molar-refractivity contribution in [3.05, 3.63) is 28.8 Å². The standard InChI is InChI=1S/C10H11Cl2NO3S/c1-3-13(2)10(14)9-7(11)5-4-6-8(9)17(12,15)16/h4-6H,3H2,1-2H3. The van der Waals surface area contributed by atoms with Crippen LogP contribution in [0.25, 0.3) is 0 Å². The third-order valence-electron chi connectivity index (χ3n) is 2.27. The van der Waals surface area contributed by atoms with Crippen molar-refractivity contribution in [2.75, 3.05) is 13.6 Å². The van der Waals surface area contributed by atoms with E-state index in [4.69, 9.17) is 22.3 Å². The monoisotopic (exact) mass is 295 g/mol. The molecular weight excluding hydrogens is 285 g/mol. The maximum absolute atomic E-state index is 12.0. The highest BCUT2D eigenvalue weighted by Crippen LogP contribution is 2.27. The highest BCUT2D eigenvalue weighted by molar-refractivity contribution is 8.13. The van der Waals surface area contributed by atoms with Crippen LogP contribution >= 0.6 is 22.3 Å². The third-order valence-corrected chi connectivity index (χ3v) is 3.95. The largest absolute Gasteiger partial charge is 0.342 e. The lowest BCUT2D eigenvalue weighted by molar-refractivity contribution is 0.0799. The highest BCUT2D eigenvalue weighted by Gasteiger charge is 2.24. The summed E-state index contributed by atoms with van der Waals surface area (Å²) in [7, 11) is 2.82. The number of benzene rings is 1. The minimum Gasteiger partial charge on any atom is -0.342 e. The van der Waals surface area contributed by atoms with Crippen LogP contribution in [-0.4, -0.2) is 32.8 Å². The summed E-state index contributed by atoms with van der Waals surface area (Å²) in [5.74, 6) is -0.475. The molecule has 0 aromatic heterocycles. The van der Waals surface area contributed by atoms with Crippen molar-refractivity contribution < 1.29 is 13.2 Å². The molecule has 0 bridgehead atoms. The van der Waals surface area contributed by atoms with Gasteiger partial charge >= 0.3 is 0 Å². The second-order valence-corrected chi connectivity index (χ2v) is 6.31. The van der Waals surface area contributed by atoms with Crippen LogP contribution in [0.4, 0.5) is 0 Å². The zero-order valence-corrected chi connectivity index (χ0v) is 11.6. The molecule has 0 aliphatic rings. The van der Waals surface area contributed by atoms with Crippen LogP contribution in [0.15, 0.2) is 23.1 Å². The summed E-state index contributed by atoms with van der Waals surface area (Å²) in [6, 6.07) is 4.13. The average Bonchev–Trinajstić information content (AvgIpc) is 2.25. The van der Waals surface area contributed by atoms with E-state index in [9.17, 15) is 13.2 Å². The molecule has 0 unspecified atom stereocenters. The Morgan fingerprint density at radius 2 is 2.00 bits per heavy atom. The number of amides is 1. The Hall–Kier alpha value is -0.780. The van der Waals surface area contributed by atoms with E-state index in [0.29, 0.717) is 6.54 Å². The van der Waals surface area contributed by atoms with Crippen LogP contribution < -0.4 is 0 Å². The molecule has 0 spiro atoms. The van der Waals surface area contributed by atoms with E-state index in [1.807, 2.05) is 0 Å². The van der Waals surface area contributed by atoms with Gasteiger partial charge < -0.3 is 4.90 Å². The quantitative estimate of drug-likeness (QED) is 0.805. The molecule has 0 fully saturated rings. The maximum Gasteiger partial charge on any atom is 0.262 e. The van der Waals surface area contributed by atoms with Gasteiger partial charge in [0.1, 0.15) is 0 Å². The van der Waals surface area contributed by atoms with E-state index in [1.54, 1.807) is 14.0 Å². The zero-order valence-electron chi connectivity index (χ0n) is 9.28. The van der Waals surface area contributed by atoms with Crippen molar-refractivity contribution in [3.8, 4) is 0 Å². The molecule has 0 radical (unpaired) electrons. The highest BCUT2D eigenvalue weighted by atomic mass is 35.7. The molecule has 94 valence electrons. The molecule has 0 saturated carbocycles. The summed E-state index contributed by atoms with van der Waals surface area (Å²) in [6.07, 6.45) is 0. The fourth-order valence-electron chi connectivity index (χ4n) is 1.25. The molecule has 0 atom stereocenters. The van der Waals surface area contributed by atoms with Gasteiger partial charge in [0.2, 0.25) is 0 Å². The summed E-state index contributed by atoms with van der Waals surface area (Å²) in [5.41, 5.74) is -0.0893. The van der Waals surface area contributed by atoms with Gasteiger partial charge in [0.25, 0.3) is 15.0 Å². The van der Waals surface area contributed by atoms with E-state index in [1.165, 1.54) is 23.1 Å². The Balaban J connectivity index is 3.47. The molecule has 0 N–H and O–H groups in total. The van der Waals surface area contributed by atoms with E-state index in [0.717, 1.165) is 0 Å². The lowest BCUT2D eigenvalue weighted by atomic mass is 10.2. The summed E-state index contributed by atoms with van der Waals surface area (Å²) < 4.78 is 22.7. The third kappa shape index (κ3) is 3.12. The smallest absolute Gasteiger partial charge is 0.262 e. The Kier molecular flexibility index (Phi) is 4.41. The fraction of sp³-hybridized carbons (Fsp3) is 0.300. The fourth-order valence-corrected chi connectivity index (χ4v) is 2.63. The Bertz CT molecular complexity index is 542. The van der Waals surface area contributed by atoms with E-state index in [2.05, 4.69) is 0 Å². The van der Waals surface area contributed by atoms with Crippen molar-refractivity contribution in [2.24, 2.45) is 0 Å². The molecule has 0 aliphatic heterocycles. The van der Waals surface area contributed by atoms with Crippen molar-refractivity contribution >= 4 is 37.2 Å². The molecule has 1 rings (SSSR count). The predicted molar refractivity (Wildman–Crippen MR) is 67.1 cm³/mol. The predicted octanol–water partition coefficient (Wildman–Crippen LogP) is 2.36. The Labute approximate surface area is 110 Å². The molecule has 7 heteroatoms. The molecule has 17 heavy (non-hydrogen) atoms. The molecule has 0 aliphatic carbocycles.